The summed E-state index contributed by atoms with van der Waals surface area (Å²) in [6.07, 6.45) is -4.56. The van der Waals surface area contributed by atoms with Gasteiger partial charge < -0.3 is 9.80 Å². The summed E-state index contributed by atoms with van der Waals surface area (Å²) in [6, 6.07) is 7.56. The third-order valence-corrected chi connectivity index (χ3v) is 2.50. The Morgan fingerprint density at radius 2 is 1.65 bits per heavy atom. The van der Waals surface area contributed by atoms with Gasteiger partial charge in [-0.05, 0) is 12.1 Å². The van der Waals surface area contributed by atoms with E-state index in [0.717, 1.165) is 4.90 Å². The van der Waals surface area contributed by atoms with E-state index >= 15 is 0 Å². The van der Waals surface area contributed by atoms with Gasteiger partial charge in [-0.3, -0.25) is 9.59 Å². The zero-order chi connectivity index (χ0) is 15.3. The van der Waals surface area contributed by atoms with Gasteiger partial charge in [-0.15, -0.1) is 0 Å². The monoisotopic (exact) mass is 288 g/mol. The lowest BCUT2D eigenvalue weighted by Crippen LogP contribution is -2.44. The molecular weight excluding hydrogens is 273 g/mol. The van der Waals surface area contributed by atoms with Crippen LogP contribution in [0.4, 0.5) is 13.2 Å². The number of hydrogen-bond acceptors (Lipinski definition) is 2. The van der Waals surface area contributed by atoms with Gasteiger partial charge in [0.25, 0.3) is 5.91 Å². The first-order valence-electron chi connectivity index (χ1n) is 5.82. The fourth-order valence-corrected chi connectivity index (χ4v) is 1.48. The van der Waals surface area contributed by atoms with Gasteiger partial charge in [-0.1, -0.05) is 18.2 Å². The normalized spacial score (nSPS) is 11.1. The second kappa shape index (κ2) is 6.40. The van der Waals surface area contributed by atoms with Crippen molar-refractivity contribution in [1.29, 1.82) is 0 Å². The zero-order valence-electron chi connectivity index (χ0n) is 11.1. The molecule has 0 fully saturated rings. The van der Waals surface area contributed by atoms with Crippen LogP contribution in [0.2, 0.25) is 0 Å². The van der Waals surface area contributed by atoms with Crippen molar-refractivity contribution in [3.05, 3.63) is 35.9 Å². The standard InChI is InChI=1S/C13H15F3N2O2/c1-17(2)11(19)8-18(9-13(14,15)16)12(20)10-6-4-3-5-7-10/h3-7H,8-9H2,1-2H3. The Bertz CT molecular complexity index is 472. The van der Waals surface area contributed by atoms with E-state index in [2.05, 4.69) is 0 Å². The van der Waals surface area contributed by atoms with Crippen LogP contribution in [0.15, 0.2) is 30.3 Å². The number of carbonyl (C=O) groups excluding carboxylic acids is 2. The Hall–Kier alpha value is -2.05. The summed E-state index contributed by atoms with van der Waals surface area (Å²) < 4.78 is 37.5. The lowest BCUT2D eigenvalue weighted by atomic mass is 10.2. The van der Waals surface area contributed by atoms with Gasteiger partial charge in [0, 0.05) is 19.7 Å². The molecule has 0 heterocycles. The molecule has 0 aliphatic heterocycles. The van der Waals surface area contributed by atoms with Crippen LogP contribution in [0.3, 0.4) is 0 Å². The van der Waals surface area contributed by atoms with Crippen molar-refractivity contribution in [2.45, 2.75) is 6.18 Å². The lowest BCUT2D eigenvalue weighted by molar-refractivity contribution is -0.146. The first-order chi connectivity index (χ1) is 9.20. The van der Waals surface area contributed by atoms with Gasteiger partial charge in [0.15, 0.2) is 0 Å². The summed E-state index contributed by atoms with van der Waals surface area (Å²) in [5, 5.41) is 0. The summed E-state index contributed by atoms with van der Waals surface area (Å²) in [6.45, 7) is -2.07. The molecule has 2 amide bonds. The molecular formula is C13H15F3N2O2. The Morgan fingerprint density at radius 3 is 2.10 bits per heavy atom. The quantitative estimate of drug-likeness (QED) is 0.847. The van der Waals surface area contributed by atoms with Crippen molar-refractivity contribution in [3.8, 4) is 0 Å². The van der Waals surface area contributed by atoms with Crippen molar-refractivity contribution in [1.82, 2.24) is 9.80 Å². The molecule has 0 aliphatic rings. The number of rotatable bonds is 4. The molecule has 4 nitrogen and oxygen atoms in total. The number of benzene rings is 1. The van der Waals surface area contributed by atoms with Gasteiger partial charge >= 0.3 is 6.18 Å². The Morgan fingerprint density at radius 1 is 1.10 bits per heavy atom. The average Bonchev–Trinajstić information content (AvgIpc) is 2.36. The van der Waals surface area contributed by atoms with Crippen LogP contribution < -0.4 is 0 Å². The fourth-order valence-electron chi connectivity index (χ4n) is 1.48. The highest BCUT2D eigenvalue weighted by Crippen LogP contribution is 2.18. The Kier molecular flexibility index (Phi) is 5.12. The summed E-state index contributed by atoms with van der Waals surface area (Å²) >= 11 is 0. The van der Waals surface area contributed by atoms with Crippen LogP contribution in [-0.2, 0) is 4.79 Å². The second-order valence-corrected chi connectivity index (χ2v) is 4.43. The van der Waals surface area contributed by atoms with E-state index < -0.39 is 31.1 Å². The number of nitrogens with zero attached hydrogens (tertiary/aromatic N) is 2. The predicted molar refractivity (Wildman–Crippen MR) is 67.1 cm³/mol. The molecule has 0 spiro atoms. The largest absolute Gasteiger partial charge is 0.406 e. The maximum Gasteiger partial charge on any atom is 0.406 e. The maximum atomic E-state index is 12.5. The zero-order valence-corrected chi connectivity index (χ0v) is 11.1. The van der Waals surface area contributed by atoms with E-state index in [0.29, 0.717) is 4.90 Å². The average molecular weight is 288 g/mol. The number of halogens is 3. The molecule has 20 heavy (non-hydrogen) atoms. The van der Waals surface area contributed by atoms with Gasteiger partial charge in [-0.25, -0.2) is 0 Å². The van der Waals surface area contributed by atoms with Crippen molar-refractivity contribution < 1.29 is 22.8 Å². The SMILES string of the molecule is CN(C)C(=O)CN(CC(F)(F)F)C(=O)c1ccccc1. The van der Waals surface area contributed by atoms with Crippen LogP contribution >= 0.6 is 0 Å². The van der Waals surface area contributed by atoms with E-state index in [1.165, 1.54) is 26.2 Å². The molecule has 7 heteroatoms. The molecule has 0 unspecified atom stereocenters. The molecule has 1 rings (SSSR count). The Balaban J connectivity index is 2.92. The number of carbonyl (C=O) groups is 2. The highest BCUT2D eigenvalue weighted by atomic mass is 19.4. The maximum absolute atomic E-state index is 12.5. The van der Waals surface area contributed by atoms with Crippen LogP contribution in [0.1, 0.15) is 10.4 Å². The minimum Gasteiger partial charge on any atom is -0.347 e. The fraction of sp³-hybridized carbons (Fsp3) is 0.385. The number of likely N-dealkylation sites (N-methyl/N-ethyl adjacent to an activating group) is 1. The molecule has 0 saturated carbocycles. The highest BCUT2D eigenvalue weighted by Gasteiger charge is 2.34. The first-order valence-corrected chi connectivity index (χ1v) is 5.82. The highest BCUT2D eigenvalue weighted by molar-refractivity contribution is 5.96. The van der Waals surface area contributed by atoms with E-state index in [4.69, 9.17) is 0 Å². The minimum absolute atomic E-state index is 0.114. The molecule has 0 aliphatic carbocycles. The van der Waals surface area contributed by atoms with E-state index in [-0.39, 0.29) is 5.56 Å². The first kappa shape index (κ1) is 16.0. The summed E-state index contributed by atoms with van der Waals surface area (Å²) in [5.41, 5.74) is 0.114. The molecule has 1 aromatic carbocycles. The van der Waals surface area contributed by atoms with Crippen molar-refractivity contribution >= 4 is 11.8 Å². The van der Waals surface area contributed by atoms with Crippen molar-refractivity contribution in [2.75, 3.05) is 27.2 Å². The van der Waals surface area contributed by atoms with Gasteiger partial charge in [0.05, 0.1) is 0 Å². The minimum atomic E-state index is -4.56. The number of amides is 2. The van der Waals surface area contributed by atoms with Crippen LogP contribution in [0.25, 0.3) is 0 Å². The van der Waals surface area contributed by atoms with Crippen molar-refractivity contribution in [3.63, 3.8) is 0 Å². The van der Waals surface area contributed by atoms with E-state index in [9.17, 15) is 22.8 Å². The van der Waals surface area contributed by atoms with E-state index in [1.807, 2.05) is 0 Å². The summed E-state index contributed by atoms with van der Waals surface area (Å²) in [5.74, 6) is -1.39. The van der Waals surface area contributed by atoms with Crippen LogP contribution in [-0.4, -0.2) is 55.0 Å². The topological polar surface area (TPSA) is 40.6 Å². The molecule has 0 saturated heterocycles. The molecule has 110 valence electrons. The van der Waals surface area contributed by atoms with Crippen LogP contribution in [0, 0.1) is 0 Å². The number of hydrogen-bond donors (Lipinski definition) is 0. The molecule has 0 radical (unpaired) electrons. The summed E-state index contributed by atoms with van der Waals surface area (Å²) in [7, 11) is 2.84. The van der Waals surface area contributed by atoms with E-state index in [1.54, 1.807) is 18.2 Å². The molecule has 1 aromatic rings. The predicted octanol–water partition coefficient (Wildman–Crippen LogP) is 1.78. The van der Waals surface area contributed by atoms with Gasteiger partial charge in [0.1, 0.15) is 13.1 Å². The third kappa shape index (κ3) is 4.91. The summed E-state index contributed by atoms with van der Waals surface area (Å²) in [4.78, 5) is 25.2. The lowest BCUT2D eigenvalue weighted by Gasteiger charge is -2.24. The Labute approximate surface area is 114 Å². The second-order valence-electron chi connectivity index (χ2n) is 4.43. The van der Waals surface area contributed by atoms with Crippen LogP contribution in [0.5, 0.6) is 0 Å². The number of alkyl halides is 3. The molecule has 0 aromatic heterocycles. The molecule has 0 N–H and O–H groups in total. The van der Waals surface area contributed by atoms with Gasteiger partial charge in [-0.2, -0.15) is 13.2 Å². The molecule has 0 bridgehead atoms. The third-order valence-electron chi connectivity index (χ3n) is 2.50. The van der Waals surface area contributed by atoms with Crippen molar-refractivity contribution in [2.24, 2.45) is 0 Å². The molecule has 0 atom stereocenters. The van der Waals surface area contributed by atoms with Gasteiger partial charge in [0.2, 0.25) is 5.91 Å². The smallest absolute Gasteiger partial charge is 0.347 e.